The number of aromatic nitrogens is 2. The van der Waals surface area contributed by atoms with Gasteiger partial charge in [-0.05, 0) is 40.2 Å². The summed E-state index contributed by atoms with van der Waals surface area (Å²) in [4.78, 5) is 19.8. The molecule has 2 aromatic rings. The van der Waals surface area contributed by atoms with Crippen LogP contribution < -0.4 is 5.32 Å². The van der Waals surface area contributed by atoms with Gasteiger partial charge in [0, 0.05) is 18.0 Å². The lowest BCUT2D eigenvalue weighted by Gasteiger charge is -2.05. The number of amides is 1. The molecule has 0 spiro atoms. The van der Waals surface area contributed by atoms with E-state index in [4.69, 9.17) is 5.11 Å². The Kier molecular flexibility index (Phi) is 3.91. The van der Waals surface area contributed by atoms with Crippen molar-refractivity contribution in [1.82, 2.24) is 9.97 Å². The summed E-state index contributed by atoms with van der Waals surface area (Å²) in [6.45, 7) is 3.39. The van der Waals surface area contributed by atoms with Crippen LogP contribution in [-0.4, -0.2) is 21.0 Å². The second kappa shape index (κ2) is 5.62. The van der Waals surface area contributed by atoms with Gasteiger partial charge in [-0.2, -0.15) is 0 Å². The summed E-state index contributed by atoms with van der Waals surface area (Å²) < 4.78 is 0.660. The Labute approximate surface area is 118 Å². The van der Waals surface area contributed by atoms with Crippen LogP contribution in [-0.2, 0) is 0 Å². The van der Waals surface area contributed by atoms with E-state index < -0.39 is 0 Å². The van der Waals surface area contributed by atoms with Crippen LogP contribution >= 0.6 is 15.9 Å². The second-order valence-corrected chi connectivity index (χ2v) is 4.52. The van der Waals surface area contributed by atoms with Crippen molar-refractivity contribution in [3.05, 3.63) is 59.0 Å². The van der Waals surface area contributed by atoms with Gasteiger partial charge < -0.3 is 10.4 Å². The van der Waals surface area contributed by atoms with Crippen LogP contribution in [0.4, 0.5) is 5.82 Å². The van der Waals surface area contributed by atoms with Gasteiger partial charge in [0.25, 0.3) is 5.91 Å². The first-order valence-corrected chi connectivity index (χ1v) is 6.13. The number of nitrogens with zero attached hydrogens (tertiary/aromatic N) is 2. The average molecular weight is 320 g/mol. The quantitative estimate of drug-likeness (QED) is 0.673. The van der Waals surface area contributed by atoms with Crippen molar-refractivity contribution in [1.29, 1.82) is 0 Å². The Morgan fingerprint density at radius 2 is 1.84 bits per heavy atom. The molecule has 0 atom stereocenters. The number of carbonyl (C=O) groups excluding carboxylic acids is 1. The lowest BCUT2D eigenvalue weighted by Crippen LogP contribution is -2.13. The van der Waals surface area contributed by atoms with Gasteiger partial charge in [0.05, 0.1) is 5.56 Å². The number of aliphatic hydroxyl groups is 1. The van der Waals surface area contributed by atoms with Crippen LogP contribution in [0, 0.1) is 0 Å². The minimum atomic E-state index is -0.303. The molecule has 0 bridgehead atoms. The maximum absolute atomic E-state index is 11.9. The molecule has 0 saturated carbocycles. The van der Waals surface area contributed by atoms with Gasteiger partial charge in [0.2, 0.25) is 0 Å². The van der Waals surface area contributed by atoms with Gasteiger partial charge >= 0.3 is 0 Å². The molecule has 5 nitrogen and oxygen atoms in total. The molecule has 0 unspecified atom stereocenters. The van der Waals surface area contributed by atoms with Gasteiger partial charge in [-0.3, -0.25) is 4.79 Å². The van der Waals surface area contributed by atoms with Gasteiger partial charge in [-0.1, -0.05) is 6.58 Å². The predicted molar refractivity (Wildman–Crippen MR) is 75.8 cm³/mol. The molecular formula is C13H10BrN3O2. The molecule has 2 heterocycles. The normalized spacial score (nSPS) is 9.95. The minimum Gasteiger partial charge on any atom is -0.508 e. The Morgan fingerprint density at radius 1 is 1.16 bits per heavy atom. The smallest absolute Gasteiger partial charge is 0.258 e. The molecule has 2 aromatic heterocycles. The number of anilines is 1. The zero-order valence-electron chi connectivity index (χ0n) is 9.80. The minimum absolute atomic E-state index is 0.0671. The number of rotatable bonds is 3. The van der Waals surface area contributed by atoms with Crippen LogP contribution in [0.1, 0.15) is 15.9 Å². The van der Waals surface area contributed by atoms with Gasteiger partial charge in [-0.25, -0.2) is 9.97 Å². The summed E-state index contributed by atoms with van der Waals surface area (Å²) >= 11 is 3.20. The van der Waals surface area contributed by atoms with E-state index >= 15 is 0 Å². The van der Waals surface area contributed by atoms with Crippen molar-refractivity contribution in [2.75, 3.05) is 5.32 Å². The number of aliphatic hydroxyl groups excluding tert-OH is 1. The Hall–Kier alpha value is -2.21. The molecule has 0 fully saturated rings. The van der Waals surface area contributed by atoms with E-state index in [1.807, 2.05) is 0 Å². The first-order valence-electron chi connectivity index (χ1n) is 5.33. The molecule has 6 heteroatoms. The van der Waals surface area contributed by atoms with Crippen molar-refractivity contribution in [2.24, 2.45) is 0 Å². The highest BCUT2D eigenvalue weighted by Gasteiger charge is 2.07. The fraction of sp³-hybridized carbons (Fsp3) is 0. The average Bonchev–Trinajstić information content (AvgIpc) is 2.40. The zero-order valence-corrected chi connectivity index (χ0v) is 11.4. The molecule has 0 saturated heterocycles. The first kappa shape index (κ1) is 13.2. The van der Waals surface area contributed by atoms with E-state index in [9.17, 15) is 4.79 Å². The molecule has 0 aliphatic heterocycles. The van der Waals surface area contributed by atoms with Crippen LogP contribution in [0.3, 0.4) is 0 Å². The van der Waals surface area contributed by atoms with E-state index in [-0.39, 0.29) is 11.7 Å². The predicted octanol–water partition coefficient (Wildman–Crippen LogP) is 3.02. The Bertz CT molecular complexity index is 609. The van der Waals surface area contributed by atoms with Crippen molar-refractivity contribution < 1.29 is 9.90 Å². The van der Waals surface area contributed by atoms with Gasteiger partial charge in [-0.15, -0.1) is 0 Å². The van der Waals surface area contributed by atoms with Gasteiger partial charge in [0.15, 0.2) is 0 Å². The van der Waals surface area contributed by atoms with E-state index in [2.05, 4.69) is 37.8 Å². The van der Waals surface area contributed by atoms with E-state index in [0.29, 0.717) is 21.5 Å². The Balaban J connectivity index is 2.10. The maximum atomic E-state index is 11.9. The number of hydrogen-bond donors (Lipinski definition) is 2. The SMILES string of the molecule is C=C(O)c1ccc(NC(=O)c2ccc(Br)nc2)nc1. The molecule has 1 amide bonds. The molecule has 0 radical (unpaired) electrons. The van der Waals surface area contributed by atoms with Crippen molar-refractivity contribution in [2.45, 2.75) is 0 Å². The molecule has 0 aliphatic rings. The monoisotopic (exact) mass is 319 g/mol. The fourth-order valence-corrected chi connectivity index (χ4v) is 1.57. The first-order chi connectivity index (χ1) is 9.06. The van der Waals surface area contributed by atoms with E-state index in [1.54, 1.807) is 24.3 Å². The topological polar surface area (TPSA) is 75.1 Å². The third-order valence-electron chi connectivity index (χ3n) is 2.33. The number of nitrogens with one attached hydrogen (secondary N) is 1. The van der Waals surface area contributed by atoms with Crippen LogP contribution in [0.5, 0.6) is 0 Å². The van der Waals surface area contributed by atoms with Gasteiger partial charge in [0.1, 0.15) is 16.2 Å². The summed E-state index contributed by atoms with van der Waals surface area (Å²) in [6.07, 6.45) is 2.89. The number of hydrogen-bond acceptors (Lipinski definition) is 4. The van der Waals surface area contributed by atoms with Crippen LogP contribution in [0.2, 0.25) is 0 Å². The maximum Gasteiger partial charge on any atom is 0.258 e. The summed E-state index contributed by atoms with van der Waals surface area (Å²) in [7, 11) is 0. The molecule has 19 heavy (non-hydrogen) atoms. The number of pyridine rings is 2. The molecule has 0 aliphatic carbocycles. The molecule has 96 valence electrons. The molecule has 2 rings (SSSR count). The second-order valence-electron chi connectivity index (χ2n) is 3.70. The summed E-state index contributed by atoms with van der Waals surface area (Å²) in [5.74, 6) is 0.0171. The zero-order chi connectivity index (χ0) is 13.8. The highest BCUT2D eigenvalue weighted by Crippen LogP contribution is 2.12. The fourth-order valence-electron chi connectivity index (χ4n) is 1.34. The summed E-state index contributed by atoms with van der Waals surface area (Å²) in [5.41, 5.74) is 0.934. The van der Waals surface area contributed by atoms with Crippen molar-refractivity contribution in [3.8, 4) is 0 Å². The highest BCUT2D eigenvalue weighted by atomic mass is 79.9. The lowest BCUT2D eigenvalue weighted by atomic mass is 10.2. The third-order valence-corrected chi connectivity index (χ3v) is 2.80. The number of carbonyl (C=O) groups is 1. The van der Waals surface area contributed by atoms with Crippen LogP contribution in [0.15, 0.2) is 47.8 Å². The Morgan fingerprint density at radius 3 is 2.37 bits per heavy atom. The number of halogens is 1. The van der Waals surface area contributed by atoms with E-state index in [0.717, 1.165) is 0 Å². The van der Waals surface area contributed by atoms with Crippen molar-refractivity contribution in [3.63, 3.8) is 0 Å². The lowest BCUT2D eigenvalue weighted by molar-refractivity contribution is 0.102. The molecule has 0 aromatic carbocycles. The van der Waals surface area contributed by atoms with Crippen LogP contribution in [0.25, 0.3) is 5.76 Å². The molecular weight excluding hydrogens is 310 g/mol. The third kappa shape index (κ3) is 3.38. The summed E-state index contributed by atoms with van der Waals surface area (Å²) in [5, 5.41) is 11.8. The standard InChI is InChI=1S/C13H10BrN3O2/c1-8(18)9-3-5-12(16-6-9)17-13(19)10-2-4-11(14)15-7-10/h2-7,18H,1H2,(H,16,17,19). The largest absolute Gasteiger partial charge is 0.508 e. The molecule has 2 N–H and O–H groups in total. The highest BCUT2D eigenvalue weighted by molar-refractivity contribution is 9.10. The van der Waals surface area contributed by atoms with Crippen molar-refractivity contribution >= 4 is 33.4 Å². The van der Waals surface area contributed by atoms with E-state index in [1.165, 1.54) is 12.4 Å². The summed E-state index contributed by atoms with van der Waals surface area (Å²) in [6, 6.07) is 6.53.